The fraction of sp³-hybridized carbons (Fsp3) is 0.500. The van der Waals surface area contributed by atoms with Gasteiger partial charge in [-0.05, 0) is 67.9 Å². The first kappa shape index (κ1) is 20.8. The first-order valence-electron chi connectivity index (χ1n) is 9.99. The molecule has 0 bridgehead atoms. The van der Waals surface area contributed by atoms with Crippen molar-refractivity contribution in [3.8, 4) is 0 Å². The number of hydrogen-bond acceptors (Lipinski definition) is 3. The number of amides is 2. The van der Waals surface area contributed by atoms with Crippen LogP contribution in [0, 0.1) is 11.7 Å². The molecule has 0 spiro atoms. The Balaban J connectivity index is 1.62. The van der Waals surface area contributed by atoms with Crippen molar-refractivity contribution < 1.29 is 9.18 Å². The Kier molecular flexibility index (Phi) is 7.08. The molecule has 1 N–H and O–H groups in total. The molecular formula is C22H30FN3OS. The third-order valence-corrected chi connectivity index (χ3v) is 6.80. The highest BCUT2D eigenvalue weighted by Gasteiger charge is 2.26. The average molecular weight is 404 g/mol. The molecule has 1 aromatic carbocycles. The number of hydrogen-bond donors (Lipinski definition) is 1. The van der Waals surface area contributed by atoms with E-state index in [1.807, 2.05) is 6.92 Å². The van der Waals surface area contributed by atoms with E-state index in [9.17, 15) is 9.18 Å². The molecule has 2 heterocycles. The van der Waals surface area contributed by atoms with Crippen LogP contribution in [0.5, 0.6) is 0 Å². The quantitative estimate of drug-likeness (QED) is 0.731. The molecule has 1 aliphatic heterocycles. The highest BCUT2D eigenvalue weighted by atomic mass is 32.1. The van der Waals surface area contributed by atoms with E-state index >= 15 is 0 Å². The standard InChI is InChI=1S/C22H30FN3OS/c1-16-10-12-26(13-11-16)20(21-5-4-14-28-21)15-24-22(27)25(3)17(2)18-6-8-19(23)9-7-18/h4-9,14,16-17,20H,10-13,15H2,1-3H3,(H,24,27). The smallest absolute Gasteiger partial charge is 0.317 e. The van der Waals surface area contributed by atoms with Crippen LogP contribution in [0.1, 0.15) is 49.2 Å². The van der Waals surface area contributed by atoms with Crippen LogP contribution >= 0.6 is 11.3 Å². The fourth-order valence-electron chi connectivity index (χ4n) is 3.68. The molecule has 3 rings (SSSR count). The van der Waals surface area contributed by atoms with E-state index < -0.39 is 0 Å². The number of rotatable bonds is 6. The Hall–Kier alpha value is -1.92. The topological polar surface area (TPSA) is 35.6 Å². The second-order valence-electron chi connectivity index (χ2n) is 7.77. The lowest BCUT2D eigenvalue weighted by Gasteiger charge is -2.37. The van der Waals surface area contributed by atoms with Gasteiger partial charge in [0.25, 0.3) is 0 Å². The van der Waals surface area contributed by atoms with Gasteiger partial charge in [-0.1, -0.05) is 25.1 Å². The second kappa shape index (κ2) is 9.52. The van der Waals surface area contributed by atoms with Gasteiger partial charge in [-0.15, -0.1) is 11.3 Å². The highest BCUT2D eigenvalue weighted by molar-refractivity contribution is 7.10. The summed E-state index contributed by atoms with van der Waals surface area (Å²) in [5.41, 5.74) is 0.916. The van der Waals surface area contributed by atoms with Crippen molar-refractivity contribution >= 4 is 17.4 Å². The van der Waals surface area contributed by atoms with E-state index in [0.29, 0.717) is 6.54 Å². The molecule has 152 valence electrons. The van der Waals surface area contributed by atoms with Gasteiger partial charge in [0.2, 0.25) is 0 Å². The Morgan fingerprint density at radius 3 is 2.57 bits per heavy atom. The van der Waals surface area contributed by atoms with Gasteiger partial charge < -0.3 is 10.2 Å². The summed E-state index contributed by atoms with van der Waals surface area (Å²) >= 11 is 1.75. The summed E-state index contributed by atoms with van der Waals surface area (Å²) in [4.78, 5) is 18.2. The molecule has 0 aliphatic carbocycles. The van der Waals surface area contributed by atoms with E-state index in [1.165, 1.54) is 29.9 Å². The number of benzene rings is 1. The van der Waals surface area contributed by atoms with Crippen molar-refractivity contribution in [1.29, 1.82) is 0 Å². The van der Waals surface area contributed by atoms with Gasteiger partial charge in [0.15, 0.2) is 0 Å². The third-order valence-electron chi connectivity index (χ3n) is 5.83. The minimum Gasteiger partial charge on any atom is -0.336 e. The maximum Gasteiger partial charge on any atom is 0.317 e. The number of carbonyl (C=O) groups excluding carboxylic acids is 1. The summed E-state index contributed by atoms with van der Waals surface area (Å²) in [7, 11) is 1.78. The van der Waals surface area contributed by atoms with E-state index in [-0.39, 0.29) is 23.9 Å². The van der Waals surface area contributed by atoms with Crippen LogP contribution in [0.3, 0.4) is 0 Å². The molecular weight excluding hydrogens is 373 g/mol. The zero-order valence-corrected chi connectivity index (χ0v) is 17.7. The zero-order valence-electron chi connectivity index (χ0n) is 16.9. The minimum atomic E-state index is -0.266. The molecule has 2 aromatic rings. The van der Waals surface area contributed by atoms with Gasteiger partial charge >= 0.3 is 6.03 Å². The molecule has 2 amide bonds. The summed E-state index contributed by atoms with van der Waals surface area (Å²) in [6, 6.07) is 10.5. The normalized spacial score (nSPS) is 17.9. The van der Waals surface area contributed by atoms with Gasteiger partial charge in [0.1, 0.15) is 5.82 Å². The van der Waals surface area contributed by atoms with Crippen LogP contribution in [-0.2, 0) is 0 Å². The summed E-state index contributed by atoms with van der Waals surface area (Å²) in [6.45, 7) is 7.00. The van der Waals surface area contributed by atoms with Crippen molar-refractivity contribution in [1.82, 2.24) is 15.1 Å². The molecule has 1 aliphatic rings. The Morgan fingerprint density at radius 2 is 1.96 bits per heavy atom. The van der Waals surface area contributed by atoms with E-state index in [2.05, 4.69) is 34.7 Å². The Labute approximate surface area is 171 Å². The van der Waals surface area contributed by atoms with Crippen molar-refractivity contribution in [3.63, 3.8) is 0 Å². The molecule has 2 unspecified atom stereocenters. The lowest BCUT2D eigenvalue weighted by molar-refractivity contribution is 0.134. The van der Waals surface area contributed by atoms with Gasteiger partial charge in [-0.25, -0.2) is 9.18 Å². The third kappa shape index (κ3) is 5.11. The average Bonchev–Trinajstić information content (AvgIpc) is 3.23. The maximum absolute atomic E-state index is 13.2. The number of piperidine rings is 1. The summed E-state index contributed by atoms with van der Waals surface area (Å²) in [6.07, 6.45) is 2.41. The van der Waals surface area contributed by atoms with Crippen molar-refractivity contribution in [2.45, 2.75) is 38.8 Å². The maximum atomic E-state index is 13.2. The molecule has 1 saturated heterocycles. The van der Waals surface area contributed by atoms with Gasteiger partial charge in [0, 0.05) is 18.5 Å². The number of nitrogens with zero attached hydrogens (tertiary/aromatic N) is 2. The molecule has 1 aromatic heterocycles. The van der Waals surface area contributed by atoms with Crippen molar-refractivity contribution in [2.75, 3.05) is 26.7 Å². The molecule has 28 heavy (non-hydrogen) atoms. The van der Waals surface area contributed by atoms with Crippen LogP contribution in [0.2, 0.25) is 0 Å². The van der Waals surface area contributed by atoms with Crippen molar-refractivity contribution in [3.05, 3.63) is 58.0 Å². The summed E-state index contributed by atoms with van der Waals surface area (Å²) in [5.74, 6) is 0.509. The number of urea groups is 1. The van der Waals surface area contributed by atoms with E-state index in [0.717, 1.165) is 24.6 Å². The number of likely N-dealkylation sites (tertiary alicyclic amines) is 1. The monoisotopic (exact) mass is 403 g/mol. The largest absolute Gasteiger partial charge is 0.336 e. The Morgan fingerprint density at radius 1 is 1.29 bits per heavy atom. The molecule has 6 heteroatoms. The lowest BCUT2D eigenvalue weighted by Crippen LogP contribution is -2.45. The highest BCUT2D eigenvalue weighted by Crippen LogP contribution is 2.29. The van der Waals surface area contributed by atoms with Crippen molar-refractivity contribution in [2.24, 2.45) is 5.92 Å². The van der Waals surface area contributed by atoms with Gasteiger partial charge in [-0.2, -0.15) is 0 Å². The first-order chi connectivity index (χ1) is 13.5. The van der Waals surface area contributed by atoms with Crippen LogP contribution in [0.25, 0.3) is 0 Å². The molecule has 0 saturated carbocycles. The first-order valence-corrected chi connectivity index (χ1v) is 10.9. The van der Waals surface area contributed by atoms with Crippen LogP contribution in [0.4, 0.5) is 9.18 Å². The number of carbonyl (C=O) groups is 1. The summed E-state index contributed by atoms with van der Waals surface area (Å²) < 4.78 is 13.2. The van der Waals surface area contributed by atoms with Crippen LogP contribution < -0.4 is 5.32 Å². The molecule has 2 atom stereocenters. The summed E-state index contributed by atoms with van der Waals surface area (Å²) in [5, 5.41) is 5.22. The fourth-order valence-corrected chi connectivity index (χ4v) is 4.54. The molecule has 1 fully saturated rings. The zero-order chi connectivity index (χ0) is 20.1. The number of nitrogens with one attached hydrogen (secondary N) is 1. The predicted molar refractivity (Wildman–Crippen MR) is 113 cm³/mol. The molecule has 0 radical (unpaired) electrons. The predicted octanol–water partition coefficient (Wildman–Crippen LogP) is 5.06. The number of thiophene rings is 1. The van der Waals surface area contributed by atoms with Crippen LogP contribution in [0.15, 0.2) is 41.8 Å². The van der Waals surface area contributed by atoms with E-state index in [1.54, 1.807) is 35.4 Å². The minimum absolute atomic E-state index is 0.108. The Bertz CT molecular complexity index is 742. The number of halogens is 1. The lowest BCUT2D eigenvalue weighted by atomic mass is 9.97. The van der Waals surface area contributed by atoms with Crippen LogP contribution in [-0.4, -0.2) is 42.5 Å². The van der Waals surface area contributed by atoms with Gasteiger partial charge in [0.05, 0.1) is 12.1 Å². The van der Waals surface area contributed by atoms with Gasteiger partial charge in [-0.3, -0.25) is 4.90 Å². The second-order valence-corrected chi connectivity index (χ2v) is 8.75. The van der Waals surface area contributed by atoms with E-state index in [4.69, 9.17) is 0 Å². The molecule has 4 nitrogen and oxygen atoms in total. The SMILES string of the molecule is CC1CCN(C(CNC(=O)N(C)C(C)c2ccc(F)cc2)c2cccs2)CC1.